The molecular weight excluding hydrogens is 392 g/mol. The van der Waals surface area contributed by atoms with E-state index < -0.39 is 6.04 Å². The predicted molar refractivity (Wildman–Crippen MR) is 122 cm³/mol. The van der Waals surface area contributed by atoms with Gasteiger partial charge in [0.1, 0.15) is 12.1 Å². The van der Waals surface area contributed by atoms with Gasteiger partial charge in [-0.3, -0.25) is 9.69 Å². The molecule has 0 unspecified atom stereocenters. The lowest BCUT2D eigenvalue weighted by atomic mass is 9.75. The maximum absolute atomic E-state index is 12.8. The molecule has 3 rings (SSSR count). The second-order valence-electron chi connectivity index (χ2n) is 10.7. The molecule has 1 saturated heterocycles. The van der Waals surface area contributed by atoms with Gasteiger partial charge in [-0.05, 0) is 47.4 Å². The number of benzene rings is 1. The Morgan fingerprint density at radius 1 is 1.19 bits per heavy atom. The number of carbonyl (C=O) groups is 1. The van der Waals surface area contributed by atoms with Crippen LogP contribution in [0.2, 0.25) is 0 Å². The first-order valence-corrected chi connectivity index (χ1v) is 11.5. The van der Waals surface area contributed by atoms with Crippen molar-refractivity contribution >= 4 is 5.97 Å². The lowest BCUT2D eigenvalue weighted by Crippen LogP contribution is -2.51. The SMILES string of the molecule is COc1cc2c(cc1OC)[C@@H]1C[C@H](OC(=O)[C@@H](N)C(C)C)[C@@H](CC(C)(C)C)CN1CC2. The fourth-order valence-electron chi connectivity index (χ4n) is 5.03. The molecule has 0 aliphatic carbocycles. The van der Waals surface area contributed by atoms with Crippen LogP contribution in [0.25, 0.3) is 0 Å². The van der Waals surface area contributed by atoms with E-state index >= 15 is 0 Å². The normalized spacial score (nSPS) is 24.9. The van der Waals surface area contributed by atoms with Gasteiger partial charge in [0.2, 0.25) is 0 Å². The Morgan fingerprint density at radius 3 is 2.42 bits per heavy atom. The van der Waals surface area contributed by atoms with Gasteiger partial charge in [0, 0.05) is 31.5 Å². The molecule has 0 aromatic heterocycles. The van der Waals surface area contributed by atoms with Crippen LogP contribution in [0.15, 0.2) is 12.1 Å². The smallest absolute Gasteiger partial charge is 0.323 e. The lowest BCUT2D eigenvalue weighted by molar-refractivity contribution is -0.160. The van der Waals surface area contributed by atoms with Gasteiger partial charge < -0.3 is 19.9 Å². The van der Waals surface area contributed by atoms with Gasteiger partial charge in [0.25, 0.3) is 0 Å². The van der Waals surface area contributed by atoms with Crippen LogP contribution in [0.4, 0.5) is 0 Å². The minimum Gasteiger partial charge on any atom is -0.493 e. The quantitative estimate of drug-likeness (QED) is 0.686. The molecule has 0 amide bonds. The Balaban J connectivity index is 1.90. The third-order valence-corrected chi connectivity index (χ3v) is 6.70. The second kappa shape index (κ2) is 9.37. The number of piperidine rings is 1. The highest BCUT2D eigenvalue weighted by Crippen LogP contribution is 2.45. The molecule has 6 nitrogen and oxygen atoms in total. The van der Waals surface area contributed by atoms with E-state index in [1.165, 1.54) is 11.1 Å². The summed E-state index contributed by atoms with van der Waals surface area (Å²) in [5.74, 6) is 1.58. The van der Waals surface area contributed by atoms with Crippen LogP contribution in [-0.4, -0.2) is 50.3 Å². The first-order valence-electron chi connectivity index (χ1n) is 11.5. The third-order valence-electron chi connectivity index (χ3n) is 6.70. The molecule has 2 aliphatic heterocycles. The van der Waals surface area contributed by atoms with Crippen LogP contribution >= 0.6 is 0 Å². The maximum atomic E-state index is 12.8. The van der Waals surface area contributed by atoms with Crippen LogP contribution in [0.5, 0.6) is 11.5 Å². The first kappa shape index (κ1) is 23.9. The third kappa shape index (κ3) is 5.35. The first-order chi connectivity index (χ1) is 14.5. The van der Waals surface area contributed by atoms with E-state index in [0.717, 1.165) is 43.9 Å². The molecule has 0 spiro atoms. The molecule has 0 bridgehead atoms. The van der Waals surface area contributed by atoms with Gasteiger partial charge in [-0.25, -0.2) is 0 Å². The number of carbonyl (C=O) groups excluding carboxylic acids is 1. The summed E-state index contributed by atoms with van der Waals surface area (Å²) < 4.78 is 17.2. The number of methoxy groups -OCH3 is 2. The van der Waals surface area contributed by atoms with Crippen molar-refractivity contribution in [1.82, 2.24) is 4.90 Å². The van der Waals surface area contributed by atoms with E-state index in [1.54, 1.807) is 14.2 Å². The highest BCUT2D eigenvalue weighted by atomic mass is 16.5. The number of rotatable bonds is 6. The van der Waals surface area contributed by atoms with E-state index in [1.807, 2.05) is 13.8 Å². The number of hydrogen-bond acceptors (Lipinski definition) is 6. The Kier molecular flexibility index (Phi) is 7.21. The summed E-state index contributed by atoms with van der Waals surface area (Å²) in [6, 6.07) is 3.82. The van der Waals surface area contributed by atoms with Crippen molar-refractivity contribution < 1.29 is 19.0 Å². The molecule has 4 atom stereocenters. The monoisotopic (exact) mass is 432 g/mol. The molecule has 2 aliphatic rings. The highest BCUT2D eigenvalue weighted by molar-refractivity contribution is 5.76. The summed E-state index contributed by atoms with van der Waals surface area (Å²) in [5, 5.41) is 0. The van der Waals surface area contributed by atoms with Gasteiger partial charge in [-0.1, -0.05) is 34.6 Å². The number of nitrogens with zero attached hydrogens (tertiary/aromatic N) is 1. The minimum atomic E-state index is -0.587. The zero-order chi connectivity index (χ0) is 22.9. The van der Waals surface area contributed by atoms with Crippen molar-refractivity contribution in [3.05, 3.63) is 23.3 Å². The van der Waals surface area contributed by atoms with E-state index in [4.69, 9.17) is 19.9 Å². The molecule has 174 valence electrons. The van der Waals surface area contributed by atoms with Gasteiger partial charge in [0.15, 0.2) is 11.5 Å². The fourth-order valence-corrected chi connectivity index (χ4v) is 5.03. The Bertz CT molecular complexity index is 786. The molecular formula is C25H40N2O4. The Morgan fingerprint density at radius 2 is 1.84 bits per heavy atom. The lowest BCUT2D eigenvalue weighted by Gasteiger charge is -2.48. The zero-order valence-electron chi connectivity index (χ0n) is 20.2. The average Bonchev–Trinajstić information content (AvgIpc) is 2.71. The summed E-state index contributed by atoms with van der Waals surface area (Å²) in [5.41, 5.74) is 8.82. The topological polar surface area (TPSA) is 74.0 Å². The Labute approximate surface area is 187 Å². The number of esters is 1. The van der Waals surface area contributed by atoms with E-state index in [0.29, 0.717) is 5.92 Å². The molecule has 31 heavy (non-hydrogen) atoms. The van der Waals surface area contributed by atoms with Crippen LogP contribution in [0, 0.1) is 17.3 Å². The molecule has 1 aromatic carbocycles. The van der Waals surface area contributed by atoms with Gasteiger partial charge in [0.05, 0.1) is 14.2 Å². The van der Waals surface area contributed by atoms with Crippen molar-refractivity contribution in [3.8, 4) is 11.5 Å². The number of nitrogens with two attached hydrogens (primary N) is 1. The van der Waals surface area contributed by atoms with Crippen LogP contribution in [0.3, 0.4) is 0 Å². The maximum Gasteiger partial charge on any atom is 0.323 e. The van der Waals surface area contributed by atoms with Crippen LogP contribution in [0.1, 0.15) is 64.6 Å². The van der Waals surface area contributed by atoms with Gasteiger partial charge in [-0.15, -0.1) is 0 Å². The number of hydrogen-bond donors (Lipinski definition) is 1. The summed E-state index contributed by atoms with van der Waals surface area (Å²) >= 11 is 0. The largest absolute Gasteiger partial charge is 0.493 e. The van der Waals surface area contributed by atoms with Crippen molar-refractivity contribution in [2.75, 3.05) is 27.3 Å². The summed E-state index contributed by atoms with van der Waals surface area (Å²) in [7, 11) is 3.34. The van der Waals surface area contributed by atoms with Gasteiger partial charge >= 0.3 is 5.97 Å². The molecule has 0 radical (unpaired) electrons. The summed E-state index contributed by atoms with van der Waals surface area (Å²) in [6.45, 7) is 12.6. The van der Waals surface area contributed by atoms with Crippen molar-refractivity contribution in [2.45, 2.75) is 72.1 Å². The van der Waals surface area contributed by atoms with Crippen LogP contribution in [-0.2, 0) is 16.0 Å². The molecule has 0 saturated carbocycles. The molecule has 1 fully saturated rings. The molecule has 1 aromatic rings. The minimum absolute atomic E-state index is 0.0563. The summed E-state index contributed by atoms with van der Waals surface area (Å²) in [6.07, 6.45) is 2.62. The van der Waals surface area contributed by atoms with Crippen molar-refractivity contribution in [3.63, 3.8) is 0 Å². The van der Waals surface area contributed by atoms with E-state index in [9.17, 15) is 4.79 Å². The average molecular weight is 433 g/mol. The number of fused-ring (bicyclic) bond motifs is 3. The van der Waals surface area contributed by atoms with E-state index in [2.05, 4.69) is 37.8 Å². The van der Waals surface area contributed by atoms with Gasteiger partial charge in [-0.2, -0.15) is 0 Å². The van der Waals surface area contributed by atoms with Crippen molar-refractivity contribution in [2.24, 2.45) is 23.0 Å². The second-order valence-corrected chi connectivity index (χ2v) is 10.7. The van der Waals surface area contributed by atoms with E-state index in [-0.39, 0.29) is 29.4 Å². The number of ether oxygens (including phenoxy) is 3. The fraction of sp³-hybridized carbons (Fsp3) is 0.720. The zero-order valence-corrected chi connectivity index (χ0v) is 20.2. The van der Waals surface area contributed by atoms with Crippen molar-refractivity contribution in [1.29, 1.82) is 0 Å². The van der Waals surface area contributed by atoms with Crippen LogP contribution < -0.4 is 15.2 Å². The highest BCUT2D eigenvalue weighted by Gasteiger charge is 2.42. The standard InChI is InChI=1S/C25H40N2O4/c1-15(2)23(26)24(28)31-20-12-19-18-11-22(30-7)21(29-6)10-16(18)8-9-27(19)14-17(20)13-25(3,4)5/h10-11,15,17,19-20,23H,8-9,12-14,26H2,1-7H3/t17-,19-,20-,23-/m0/s1. The molecule has 2 heterocycles. The predicted octanol–water partition coefficient (Wildman–Crippen LogP) is 3.95. The molecule has 6 heteroatoms. The summed E-state index contributed by atoms with van der Waals surface area (Å²) in [4.78, 5) is 15.3. The Hall–Kier alpha value is -1.79. The molecule has 2 N–H and O–H groups in total.